The van der Waals surface area contributed by atoms with Gasteiger partial charge in [0, 0.05) is 11.8 Å². The van der Waals surface area contributed by atoms with E-state index < -0.39 is 0 Å². The quantitative estimate of drug-likeness (QED) is 0.635. The predicted octanol–water partition coefficient (Wildman–Crippen LogP) is 4.69. The van der Waals surface area contributed by atoms with Crippen molar-refractivity contribution in [2.75, 3.05) is 19.0 Å². The van der Waals surface area contributed by atoms with Gasteiger partial charge in [0.05, 0.1) is 18.7 Å². The van der Waals surface area contributed by atoms with Crippen LogP contribution in [0.15, 0.2) is 66.7 Å². The van der Waals surface area contributed by atoms with Crippen LogP contribution in [0.25, 0.3) is 0 Å². The molecule has 6 nitrogen and oxygen atoms in total. The number of benzene rings is 3. The highest BCUT2D eigenvalue weighted by atomic mass is 16.5. The number of nitrogens with zero attached hydrogens (tertiary/aromatic N) is 1. The molecule has 0 fully saturated rings. The zero-order valence-corrected chi connectivity index (χ0v) is 16.1. The number of ether oxygens (including phenoxy) is 3. The van der Waals surface area contributed by atoms with Crippen molar-refractivity contribution in [1.29, 1.82) is 5.26 Å². The number of carbonyl (C=O) groups is 1. The van der Waals surface area contributed by atoms with Crippen LogP contribution in [0.4, 0.5) is 5.69 Å². The third-order valence-corrected chi connectivity index (χ3v) is 4.05. The molecule has 0 saturated carbocycles. The summed E-state index contributed by atoms with van der Waals surface area (Å²) >= 11 is 0. The molecule has 1 N–H and O–H groups in total. The summed E-state index contributed by atoms with van der Waals surface area (Å²) in [4.78, 5) is 12.2. The summed E-state index contributed by atoms with van der Waals surface area (Å²) in [6.45, 7) is 1.83. The van der Waals surface area contributed by atoms with E-state index in [0.717, 1.165) is 11.3 Å². The van der Waals surface area contributed by atoms with Gasteiger partial charge in [-0.3, -0.25) is 4.79 Å². The first kappa shape index (κ1) is 19.8. The van der Waals surface area contributed by atoms with E-state index in [4.69, 9.17) is 19.5 Å². The smallest absolute Gasteiger partial charge is 0.262 e. The van der Waals surface area contributed by atoms with Gasteiger partial charge >= 0.3 is 0 Å². The molecule has 1 amide bonds. The number of nitrogens with one attached hydrogen (secondary N) is 1. The number of carbonyl (C=O) groups excluding carboxylic acids is 1. The molecule has 29 heavy (non-hydrogen) atoms. The van der Waals surface area contributed by atoms with Gasteiger partial charge in [0.25, 0.3) is 5.91 Å². The number of hydrogen-bond donors (Lipinski definition) is 1. The van der Waals surface area contributed by atoms with E-state index in [1.807, 2.05) is 37.3 Å². The second-order valence-corrected chi connectivity index (χ2v) is 6.25. The van der Waals surface area contributed by atoms with Gasteiger partial charge < -0.3 is 19.5 Å². The number of hydrogen-bond acceptors (Lipinski definition) is 5. The first-order chi connectivity index (χ1) is 14.1. The van der Waals surface area contributed by atoms with Crippen LogP contribution < -0.4 is 19.5 Å². The van der Waals surface area contributed by atoms with Crippen molar-refractivity contribution in [2.45, 2.75) is 6.92 Å². The summed E-state index contributed by atoms with van der Waals surface area (Å²) in [5, 5.41) is 11.7. The number of nitriles is 1. The minimum absolute atomic E-state index is 0.191. The maximum Gasteiger partial charge on any atom is 0.262 e. The van der Waals surface area contributed by atoms with E-state index in [2.05, 4.69) is 5.32 Å². The Morgan fingerprint density at radius 1 is 0.966 bits per heavy atom. The maximum atomic E-state index is 12.2. The Kier molecular flexibility index (Phi) is 6.33. The lowest BCUT2D eigenvalue weighted by Crippen LogP contribution is -2.20. The molecule has 3 rings (SSSR count). The summed E-state index contributed by atoms with van der Waals surface area (Å²) in [5.41, 5.74) is 2.24. The van der Waals surface area contributed by atoms with Crippen LogP contribution in [0.3, 0.4) is 0 Å². The van der Waals surface area contributed by atoms with Gasteiger partial charge in [-0.1, -0.05) is 17.7 Å². The van der Waals surface area contributed by atoms with Crippen molar-refractivity contribution in [3.05, 3.63) is 77.9 Å². The number of amides is 1. The molecule has 0 unspecified atom stereocenters. The van der Waals surface area contributed by atoms with Crippen LogP contribution in [-0.2, 0) is 4.79 Å². The van der Waals surface area contributed by atoms with Gasteiger partial charge in [0.15, 0.2) is 18.1 Å². The molecule has 0 bridgehead atoms. The fourth-order valence-electron chi connectivity index (χ4n) is 2.55. The summed E-state index contributed by atoms with van der Waals surface area (Å²) in [6, 6.07) is 21.6. The van der Waals surface area contributed by atoms with Crippen molar-refractivity contribution in [1.82, 2.24) is 0 Å². The first-order valence-electron chi connectivity index (χ1n) is 8.93. The third-order valence-electron chi connectivity index (χ3n) is 4.05. The fraction of sp³-hybridized carbons (Fsp3) is 0.130. The molecule has 3 aromatic rings. The molecule has 0 aliphatic carbocycles. The Morgan fingerprint density at radius 3 is 2.24 bits per heavy atom. The van der Waals surface area contributed by atoms with Crippen molar-refractivity contribution in [2.24, 2.45) is 0 Å². The molecule has 0 saturated heterocycles. The number of anilines is 1. The van der Waals surface area contributed by atoms with Crippen molar-refractivity contribution < 1.29 is 19.0 Å². The zero-order chi connectivity index (χ0) is 20.6. The Morgan fingerprint density at radius 2 is 1.62 bits per heavy atom. The van der Waals surface area contributed by atoms with Gasteiger partial charge in [0.1, 0.15) is 11.5 Å². The third kappa shape index (κ3) is 5.50. The Bertz CT molecular complexity index is 1020. The van der Waals surface area contributed by atoms with E-state index in [1.165, 1.54) is 7.11 Å². The molecule has 0 radical (unpaired) electrons. The monoisotopic (exact) mass is 388 g/mol. The van der Waals surface area contributed by atoms with Gasteiger partial charge in [-0.25, -0.2) is 0 Å². The largest absolute Gasteiger partial charge is 0.493 e. The van der Waals surface area contributed by atoms with Crippen LogP contribution in [0.2, 0.25) is 0 Å². The normalized spacial score (nSPS) is 9.97. The van der Waals surface area contributed by atoms with Crippen molar-refractivity contribution >= 4 is 11.6 Å². The first-order valence-corrected chi connectivity index (χ1v) is 8.93. The van der Waals surface area contributed by atoms with E-state index in [9.17, 15) is 4.79 Å². The second kappa shape index (κ2) is 9.29. The fourth-order valence-corrected chi connectivity index (χ4v) is 2.55. The molecular formula is C23H20N2O4. The lowest BCUT2D eigenvalue weighted by atomic mass is 10.2. The van der Waals surface area contributed by atoms with Crippen LogP contribution >= 0.6 is 0 Å². The second-order valence-electron chi connectivity index (χ2n) is 6.25. The Balaban J connectivity index is 1.54. The van der Waals surface area contributed by atoms with Crippen molar-refractivity contribution in [3.63, 3.8) is 0 Å². The van der Waals surface area contributed by atoms with Gasteiger partial charge in [0.2, 0.25) is 0 Å². The van der Waals surface area contributed by atoms with Gasteiger partial charge in [-0.05, 0) is 55.5 Å². The van der Waals surface area contributed by atoms with Gasteiger partial charge in [-0.2, -0.15) is 5.26 Å². The van der Waals surface area contributed by atoms with Crippen molar-refractivity contribution in [3.8, 4) is 29.1 Å². The molecule has 6 heteroatoms. The molecule has 3 aromatic carbocycles. The molecular weight excluding hydrogens is 368 g/mol. The Labute approximate surface area is 169 Å². The van der Waals surface area contributed by atoms with E-state index in [1.54, 1.807) is 42.5 Å². The topological polar surface area (TPSA) is 80.6 Å². The highest BCUT2D eigenvalue weighted by Crippen LogP contribution is 2.28. The van der Waals surface area contributed by atoms with E-state index in [-0.39, 0.29) is 12.5 Å². The number of aryl methyl sites for hydroxylation is 1. The molecule has 0 aromatic heterocycles. The summed E-state index contributed by atoms with van der Waals surface area (Å²) in [7, 11) is 1.48. The molecule has 0 heterocycles. The van der Waals surface area contributed by atoms with Crippen LogP contribution in [0.5, 0.6) is 23.0 Å². The SMILES string of the molecule is COc1cc(C#N)ccc1OCC(=O)Nc1ccc(Oc2ccc(C)cc2)cc1. The zero-order valence-electron chi connectivity index (χ0n) is 16.1. The standard InChI is InChI=1S/C23H20N2O4/c1-16-3-8-19(9-4-16)29-20-10-6-18(7-11-20)25-23(26)15-28-21-12-5-17(14-24)13-22(21)27-2/h3-13H,15H2,1-2H3,(H,25,26). The minimum atomic E-state index is -0.316. The average molecular weight is 388 g/mol. The minimum Gasteiger partial charge on any atom is -0.493 e. The number of methoxy groups -OCH3 is 1. The highest BCUT2D eigenvalue weighted by Gasteiger charge is 2.09. The molecule has 0 aliphatic heterocycles. The summed E-state index contributed by atoms with van der Waals surface area (Å²) in [6.07, 6.45) is 0. The maximum absolute atomic E-state index is 12.2. The van der Waals surface area contributed by atoms with E-state index >= 15 is 0 Å². The van der Waals surface area contributed by atoms with Crippen LogP contribution in [0.1, 0.15) is 11.1 Å². The lowest BCUT2D eigenvalue weighted by molar-refractivity contribution is -0.118. The molecule has 146 valence electrons. The molecule has 0 atom stereocenters. The summed E-state index contributed by atoms with van der Waals surface area (Å²) < 4.78 is 16.5. The van der Waals surface area contributed by atoms with E-state index in [0.29, 0.717) is 28.5 Å². The molecule has 0 spiro atoms. The average Bonchev–Trinajstić information content (AvgIpc) is 2.75. The van der Waals surface area contributed by atoms with Crippen LogP contribution in [-0.4, -0.2) is 19.6 Å². The number of rotatable bonds is 7. The lowest BCUT2D eigenvalue weighted by Gasteiger charge is -2.11. The predicted molar refractivity (Wildman–Crippen MR) is 110 cm³/mol. The Hall–Kier alpha value is -3.98. The van der Waals surface area contributed by atoms with Crippen LogP contribution in [0, 0.1) is 18.3 Å². The highest BCUT2D eigenvalue weighted by molar-refractivity contribution is 5.91. The molecule has 0 aliphatic rings. The summed E-state index contributed by atoms with van der Waals surface area (Å²) in [5.74, 6) is 1.89. The van der Waals surface area contributed by atoms with Gasteiger partial charge in [-0.15, -0.1) is 0 Å².